The minimum atomic E-state index is -1.18. The Morgan fingerprint density at radius 1 is 1.16 bits per heavy atom. The molecule has 0 amide bonds. The van der Waals surface area contributed by atoms with Crippen LogP contribution in [-0.4, -0.2) is 49.8 Å². The van der Waals surface area contributed by atoms with Crippen LogP contribution < -0.4 is 0 Å². The van der Waals surface area contributed by atoms with Crippen LogP contribution in [0.2, 0.25) is 0 Å². The van der Waals surface area contributed by atoms with Crippen LogP contribution in [0.1, 0.15) is 47.0 Å². The minimum Gasteiger partial charge on any atom is -0.435 e. The number of carbonyl (C=O) groups is 2. The molecule has 142 valence electrons. The number of rotatable bonds is 5. The summed E-state index contributed by atoms with van der Waals surface area (Å²) in [5.74, 6) is -2.60. The van der Waals surface area contributed by atoms with Crippen molar-refractivity contribution in [2.24, 2.45) is 11.3 Å². The highest BCUT2D eigenvalue weighted by molar-refractivity contribution is 5.67. The lowest BCUT2D eigenvalue weighted by Crippen LogP contribution is -2.76. The van der Waals surface area contributed by atoms with Crippen molar-refractivity contribution in [1.82, 2.24) is 0 Å². The van der Waals surface area contributed by atoms with Gasteiger partial charge < -0.3 is 28.4 Å². The summed E-state index contributed by atoms with van der Waals surface area (Å²) in [4.78, 5) is 23.3. The van der Waals surface area contributed by atoms with Crippen molar-refractivity contribution in [3.05, 3.63) is 0 Å². The Balaban J connectivity index is 2.02. The predicted molar refractivity (Wildman–Crippen MR) is 82.8 cm³/mol. The summed E-state index contributed by atoms with van der Waals surface area (Å²) in [6, 6.07) is 0. The molecule has 0 N–H and O–H groups in total. The predicted octanol–water partition coefficient (Wildman–Crippen LogP) is 1.71. The summed E-state index contributed by atoms with van der Waals surface area (Å²) in [6.45, 7) is 6.86. The van der Waals surface area contributed by atoms with Gasteiger partial charge in [0.25, 0.3) is 0 Å². The second-order valence-corrected chi connectivity index (χ2v) is 7.45. The second kappa shape index (κ2) is 6.19. The average molecular weight is 358 g/mol. The fraction of sp³-hybridized carbons (Fsp3) is 0.882. The summed E-state index contributed by atoms with van der Waals surface area (Å²) in [6.07, 6.45) is 0.0593. The molecule has 0 spiro atoms. The SMILES string of the molecule is COCO[C@@]1(C)CC[C@]2(OC(C)=O)O[C@@H]3C[C@@]1(C)[C@H]2[C@H](OC(C)=O)O3. The van der Waals surface area contributed by atoms with Gasteiger partial charge in [-0.3, -0.25) is 9.59 Å². The van der Waals surface area contributed by atoms with E-state index < -0.39 is 47.2 Å². The molecular weight excluding hydrogens is 332 g/mol. The van der Waals surface area contributed by atoms with Gasteiger partial charge in [0, 0.05) is 39.2 Å². The van der Waals surface area contributed by atoms with E-state index >= 15 is 0 Å². The highest BCUT2D eigenvalue weighted by atomic mass is 16.8. The van der Waals surface area contributed by atoms with Crippen LogP contribution in [0.4, 0.5) is 0 Å². The Hall–Kier alpha value is -1.22. The first-order valence-corrected chi connectivity index (χ1v) is 8.49. The van der Waals surface area contributed by atoms with Gasteiger partial charge in [-0.1, -0.05) is 6.92 Å². The van der Waals surface area contributed by atoms with Crippen molar-refractivity contribution in [1.29, 1.82) is 0 Å². The highest BCUT2D eigenvalue weighted by Crippen LogP contribution is 2.65. The third-order valence-electron chi connectivity index (χ3n) is 5.89. The fourth-order valence-corrected chi connectivity index (χ4v) is 4.63. The Morgan fingerprint density at radius 3 is 2.48 bits per heavy atom. The lowest BCUT2D eigenvalue weighted by atomic mass is 9.52. The van der Waals surface area contributed by atoms with Gasteiger partial charge in [-0.2, -0.15) is 0 Å². The first-order chi connectivity index (χ1) is 11.7. The number of hydrogen-bond donors (Lipinski definition) is 0. The van der Waals surface area contributed by atoms with E-state index in [9.17, 15) is 9.59 Å². The van der Waals surface area contributed by atoms with Gasteiger partial charge in [-0.05, 0) is 13.3 Å². The number of methoxy groups -OCH3 is 1. The van der Waals surface area contributed by atoms with Crippen molar-refractivity contribution in [3.8, 4) is 0 Å². The maximum atomic E-state index is 11.7. The Morgan fingerprint density at radius 2 is 1.88 bits per heavy atom. The van der Waals surface area contributed by atoms with Crippen molar-refractivity contribution in [2.45, 2.75) is 70.9 Å². The molecule has 8 heteroatoms. The Bertz CT molecular complexity index is 565. The molecule has 8 nitrogen and oxygen atoms in total. The van der Waals surface area contributed by atoms with Gasteiger partial charge in [0.1, 0.15) is 6.79 Å². The first kappa shape index (κ1) is 18.6. The van der Waals surface area contributed by atoms with Gasteiger partial charge in [0.15, 0.2) is 6.29 Å². The molecule has 4 bridgehead atoms. The quantitative estimate of drug-likeness (QED) is 0.542. The zero-order valence-electron chi connectivity index (χ0n) is 15.3. The molecule has 6 atom stereocenters. The minimum absolute atomic E-state index is 0.143. The number of ether oxygens (including phenoxy) is 6. The van der Waals surface area contributed by atoms with Crippen molar-refractivity contribution in [3.63, 3.8) is 0 Å². The highest BCUT2D eigenvalue weighted by Gasteiger charge is 2.74. The van der Waals surface area contributed by atoms with Crippen LogP contribution in [0.25, 0.3) is 0 Å². The van der Waals surface area contributed by atoms with Crippen LogP contribution in [0.15, 0.2) is 0 Å². The molecule has 0 aromatic carbocycles. The average Bonchev–Trinajstić information content (AvgIpc) is 2.48. The molecule has 0 aromatic rings. The zero-order chi connectivity index (χ0) is 18.5. The number of fused-ring (bicyclic) bond motifs is 1. The molecule has 3 saturated heterocycles. The molecule has 0 aromatic heterocycles. The molecule has 1 saturated carbocycles. The molecule has 1 aliphatic carbocycles. The molecule has 4 aliphatic rings. The molecule has 4 rings (SSSR count). The van der Waals surface area contributed by atoms with Gasteiger partial charge in [0.05, 0.1) is 11.5 Å². The Kier molecular flexibility index (Phi) is 4.60. The van der Waals surface area contributed by atoms with E-state index in [0.717, 1.165) is 0 Å². The number of hydrogen-bond acceptors (Lipinski definition) is 8. The smallest absolute Gasteiger partial charge is 0.305 e. The molecule has 0 radical (unpaired) electrons. The summed E-state index contributed by atoms with van der Waals surface area (Å²) in [7, 11) is 1.57. The van der Waals surface area contributed by atoms with Gasteiger partial charge in [0.2, 0.25) is 12.1 Å². The summed E-state index contributed by atoms with van der Waals surface area (Å²) in [5, 5.41) is 0. The Labute approximate surface area is 147 Å². The topological polar surface area (TPSA) is 89.5 Å². The van der Waals surface area contributed by atoms with Crippen LogP contribution in [0.3, 0.4) is 0 Å². The molecule has 4 fully saturated rings. The number of carbonyl (C=O) groups excluding carboxylic acids is 2. The van der Waals surface area contributed by atoms with Crippen LogP contribution in [0, 0.1) is 11.3 Å². The monoisotopic (exact) mass is 358 g/mol. The molecule has 3 heterocycles. The van der Waals surface area contributed by atoms with Crippen LogP contribution in [0.5, 0.6) is 0 Å². The third-order valence-corrected chi connectivity index (χ3v) is 5.89. The molecule has 25 heavy (non-hydrogen) atoms. The zero-order valence-corrected chi connectivity index (χ0v) is 15.3. The van der Waals surface area contributed by atoms with E-state index in [1.165, 1.54) is 13.8 Å². The van der Waals surface area contributed by atoms with Gasteiger partial charge in [-0.15, -0.1) is 0 Å². The van der Waals surface area contributed by atoms with Crippen molar-refractivity contribution >= 4 is 11.9 Å². The molecule has 3 aliphatic heterocycles. The van der Waals surface area contributed by atoms with E-state index in [2.05, 4.69) is 0 Å². The maximum absolute atomic E-state index is 11.7. The lowest BCUT2D eigenvalue weighted by molar-refractivity contribution is -0.486. The summed E-state index contributed by atoms with van der Waals surface area (Å²) in [5.41, 5.74) is -1.07. The summed E-state index contributed by atoms with van der Waals surface area (Å²) < 4.78 is 33.9. The van der Waals surface area contributed by atoms with Gasteiger partial charge >= 0.3 is 11.9 Å². The van der Waals surface area contributed by atoms with Crippen molar-refractivity contribution < 1.29 is 38.0 Å². The van der Waals surface area contributed by atoms with E-state index in [4.69, 9.17) is 28.4 Å². The standard InChI is InChI=1S/C17H26O8/c1-10(18)22-14-13-15(3)8-12(23-14)25-17(13,24-11(2)19)7-6-16(15,4)21-9-20-5/h12-14H,6-9H2,1-5H3/t12-,13-,14-,15+,16+,17+/m1/s1. The second-order valence-electron chi connectivity index (χ2n) is 7.45. The van der Waals surface area contributed by atoms with E-state index in [1.807, 2.05) is 13.8 Å². The van der Waals surface area contributed by atoms with Crippen molar-refractivity contribution in [2.75, 3.05) is 13.9 Å². The largest absolute Gasteiger partial charge is 0.435 e. The van der Waals surface area contributed by atoms with Crippen LogP contribution in [-0.2, 0) is 38.0 Å². The van der Waals surface area contributed by atoms with E-state index in [1.54, 1.807) is 7.11 Å². The van der Waals surface area contributed by atoms with Crippen LogP contribution >= 0.6 is 0 Å². The molecule has 0 unspecified atom stereocenters. The van der Waals surface area contributed by atoms with Gasteiger partial charge in [-0.25, -0.2) is 0 Å². The molecular formula is C17H26O8. The summed E-state index contributed by atoms with van der Waals surface area (Å²) >= 11 is 0. The van der Waals surface area contributed by atoms with E-state index in [0.29, 0.717) is 19.3 Å². The lowest BCUT2D eigenvalue weighted by Gasteiger charge is -2.67. The third kappa shape index (κ3) is 2.85. The van der Waals surface area contributed by atoms with E-state index in [-0.39, 0.29) is 6.79 Å². The maximum Gasteiger partial charge on any atom is 0.305 e. The first-order valence-electron chi connectivity index (χ1n) is 8.49. The normalized spacial score (nSPS) is 45.1. The number of esters is 2. The fourth-order valence-electron chi connectivity index (χ4n) is 4.63.